The van der Waals surface area contributed by atoms with E-state index in [1.807, 2.05) is 60.7 Å². The molecule has 0 N–H and O–H groups in total. The van der Waals surface area contributed by atoms with Crippen LogP contribution in [0.2, 0.25) is 0 Å². The van der Waals surface area contributed by atoms with Gasteiger partial charge in [0.25, 0.3) is 0 Å². The SMILES string of the molecule is c1ccc(-c2nc(-c3ccccc3)nc(-c3ccc4cc(-c5cc(-c6cccc7ccccc67)cc(C6CCCCC6)c5)ccc4c3)n2)cc1. The molecule has 1 aromatic heterocycles. The molecule has 1 fully saturated rings. The van der Waals surface area contributed by atoms with Crippen LogP contribution in [0.3, 0.4) is 0 Å². The van der Waals surface area contributed by atoms with Crippen LogP contribution in [0.4, 0.5) is 0 Å². The first-order valence-corrected chi connectivity index (χ1v) is 17.8. The third kappa shape index (κ3) is 5.97. The van der Waals surface area contributed by atoms with Gasteiger partial charge in [0.1, 0.15) is 0 Å². The summed E-state index contributed by atoms with van der Waals surface area (Å²) in [6.45, 7) is 0. The van der Waals surface area contributed by atoms with E-state index in [2.05, 4.69) is 97.1 Å². The summed E-state index contributed by atoms with van der Waals surface area (Å²) >= 11 is 0. The molecule has 0 aliphatic heterocycles. The van der Waals surface area contributed by atoms with Crippen LogP contribution in [0.15, 0.2) is 158 Å². The van der Waals surface area contributed by atoms with Crippen molar-refractivity contribution in [2.24, 2.45) is 0 Å². The average Bonchev–Trinajstić information content (AvgIpc) is 3.21. The molecule has 1 heterocycles. The predicted molar refractivity (Wildman–Crippen MR) is 208 cm³/mol. The third-order valence-corrected chi connectivity index (χ3v) is 10.3. The van der Waals surface area contributed by atoms with Gasteiger partial charge in [-0.2, -0.15) is 0 Å². The summed E-state index contributed by atoms with van der Waals surface area (Å²) in [4.78, 5) is 14.8. The number of hydrogen-bond acceptors (Lipinski definition) is 3. The molecule has 50 heavy (non-hydrogen) atoms. The molecule has 3 heteroatoms. The minimum atomic E-state index is 0.613. The van der Waals surface area contributed by atoms with Gasteiger partial charge in [-0.25, -0.2) is 15.0 Å². The van der Waals surface area contributed by atoms with E-state index < -0.39 is 0 Å². The molecule has 0 atom stereocenters. The highest BCUT2D eigenvalue weighted by Crippen LogP contribution is 2.40. The zero-order chi connectivity index (χ0) is 33.3. The Labute approximate surface area is 293 Å². The minimum Gasteiger partial charge on any atom is -0.208 e. The summed E-state index contributed by atoms with van der Waals surface area (Å²) in [5, 5.41) is 4.94. The second kappa shape index (κ2) is 13.2. The summed E-state index contributed by atoms with van der Waals surface area (Å²) in [5.74, 6) is 2.63. The number of nitrogens with zero attached hydrogens (tertiary/aromatic N) is 3. The monoisotopic (exact) mass is 643 g/mol. The van der Waals surface area contributed by atoms with Crippen LogP contribution in [-0.4, -0.2) is 15.0 Å². The number of aromatic nitrogens is 3. The van der Waals surface area contributed by atoms with Gasteiger partial charge in [-0.1, -0.05) is 159 Å². The lowest BCUT2D eigenvalue weighted by Gasteiger charge is -2.24. The van der Waals surface area contributed by atoms with Crippen LogP contribution >= 0.6 is 0 Å². The molecular weight excluding hydrogens is 607 g/mol. The third-order valence-electron chi connectivity index (χ3n) is 10.3. The number of benzene rings is 7. The second-order valence-corrected chi connectivity index (χ2v) is 13.5. The molecule has 1 aliphatic carbocycles. The lowest BCUT2D eigenvalue weighted by atomic mass is 9.81. The van der Waals surface area contributed by atoms with Crippen molar-refractivity contribution in [3.63, 3.8) is 0 Å². The van der Waals surface area contributed by atoms with Gasteiger partial charge in [-0.3, -0.25) is 0 Å². The van der Waals surface area contributed by atoms with Crippen LogP contribution in [0, 0.1) is 0 Å². The number of fused-ring (bicyclic) bond motifs is 2. The number of rotatable bonds is 6. The molecule has 1 aliphatic rings. The van der Waals surface area contributed by atoms with Crippen molar-refractivity contribution in [3.8, 4) is 56.4 Å². The summed E-state index contributed by atoms with van der Waals surface area (Å²) in [5.41, 5.74) is 9.50. The number of hydrogen-bond donors (Lipinski definition) is 0. The molecule has 9 rings (SSSR count). The molecule has 8 aromatic rings. The molecule has 1 saturated carbocycles. The lowest BCUT2D eigenvalue weighted by Crippen LogP contribution is -2.05. The van der Waals surface area contributed by atoms with Crippen LogP contribution in [0.5, 0.6) is 0 Å². The van der Waals surface area contributed by atoms with Crippen molar-refractivity contribution in [1.29, 1.82) is 0 Å². The first-order valence-electron chi connectivity index (χ1n) is 17.8. The van der Waals surface area contributed by atoms with E-state index in [0.29, 0.717) is 23.4 Å². The Morgan fingerprint density at radius 2 is 0.920 bits per heavy atom. The molecule has 0 amide bonds. The van der Waals surface area contributed by atoms with Crippen LogP contribution < -0.4 is 0 Å². The molecule has 0 spiro atoms. The topological polar surface area (TPSA) is 38.7 Å². The van der Waals surface area contributed by atoms with E-state index in [1.54, 1.807) is 0 Å². The van der Waals surface area contributed by atoms with Crippen LogP contribution in [0.1, 0.15) is 43.6 Å². The van der Waals surface area contributed by atoms with Crippen molar-refractivity contribution >= 4 is 21.5 Å². The Hall–Kier alpha value is -5.93. The van der Waals surface area contributed by atoms with Gasteiger partial charge in [-0.15, -0.1) is 0 Å². The second-order valence-electron chi connectivity index (χ2n) is 13.5. The van der Waals surface area contributed by atoms with Gasteiger partial charge >= 0.3 is 0 Å². The van der Waals surface area contributed by atoms with Gasteiger partial charge in [0.2, 0.25) is 0 Å². The average molecular weight is 644 g/mol. The van der Waals surface area contributed by atoms with Crippen molar-refractivity contribution in [1.82, 2.24) is 15.0 Å². The Morgan fingerprint density at radius 1 is 0.360 bits per heavy atom. The molecule has 7 aromatic carbocycles. The van der Waals surface area contributed by atoms with Gasteiger partial charge in [0.05, 0.1) is 0 Å². The zero-order valence-electron chi connectivity index (χ0n) is 28.0. The van der Waals surface area contributed by atoms with Gasteiger partial charge in [-0.05, 0) is 86.3 Å². The predicted octanol–water partition coefficient (Wildman–Crippen LogP) is 12.6. The van der Waals surface area contributed by atoms with E-state index in [1.165, 1.54) is 76.1 Å². The van der Waals surface area contributed by atoms with Gasteiger partial charge in [0.15, 0.2) is 17.5 Å². The standard InChI is InChI=1S/C47H37N3/c1-4-13-32(14-5-1)40-29-41(31-42(30-40)44-22-12-20-33-15-10-11-21-43(33)44)38-24-23-37-28-39(26-25-36(37)27-38)47-49-45(34-16-6-2-7-17-34)48-46(50-47)35-18-8-3-9-19-35/h2-3,6-12,15-32H,1,4-5,13-14H2. The Kier molecular flexibility index (Phi) is 7.94. The highest BCUT2D eigenvalue weighted by molar-refractivity contribution is 5.98. The zero-order valence-corrected chi connectivity index (χ0v) is 28.0. The smallest absolute Gasteiger partial charge is 0.164 e. The molecule has 0 radical (unpaired) electrons. The molecule has 0 saturated heterocycles. The van der Waals surface area contributed by atoms with Crippen molar-refractivity contribution in [3.05, 3.63) is 163 Å². The van der Waals surface area contributed by atoms with Crippen LogP contribution in [-0.2, 0) is 0 Å². The summed E-state index contributed by atoms with van der Waals surface area (Å²) in [6.07, 6.45) is 6.53. The van der Waals surface area contributed by atoms with Crippen LogP contribution in [0.25, 0.3) is 78.0 Å². The highest BCUT2D eigenvalue weighted by Gasteiger charge is 2.19. The molecular formula is C47H37N3. The van der Waals surface area contributed by atoms with Crippen molar-refractivity contribution < 1.29 is 0 Å². The van der Waals surface area contributed by atoms with E-state index in [4.69, 9.17) is 15.0 Å². The van der Waals surface area contributed by atoms with E-state index >= 15 is 0 Å². The Balaban J connectivity index is 1.13. The fourth-order valence-corrected chi connectivity index (χ4v) is 7.62. The van der Waals surface area contributed by atoms with Gasteiger partial charge in [0, 0.05) is 16.7 Å². The summed E-state index contributed by atoms with van der Waals surface area (Å²) < 4.78 is 0. The quantitative estimate of drug-likeness (QED) is 0.181. The summed E-state index contributed by atoms with van der Waals surface area (Å²) in [7, 11) is 0. The summed E-state index contributed by atoms with van der Waals surface area (Å²) in [6, 6.07) is 56.4. The van der Waals surface area contributed by atoms with Crippen molar-refractivity contribution in [2.45, 2.75) is 38.0 Å². The maximum atomic E-state index is 4.96. The largest absolute Gasteiger partial charge is 0.208 e. The van der Waals surface area contributed by atoms with E-state index in [9.17, 15) is 0 Å². The highest BCUT2D eigenvalue weighted by atomic mass is 15.0. The molecule has 240 valence electrons. The minimum absolute atomic E-state index is 0.613. The molecule has 0 bridgehead atoms. The maximum Gasteiger partial charge on any atom is 0.164 e. The lowest BCUT2D eigenvalue weighted by molar-refractivity contribution is 0.444. The maximum absolute atomic E-state index is 4.96. The Morgan fingerprint density at radius 3 is 1.62 bits per heavy atom. The fourth-order valence-electron chi connectivity index (χ4n) is 7.62. The normalized spacial score (nSPS) is 13.5. The van der Waals surface area contributed by atoms with E-state index in [0.717, 1.165) is 22.1 Å². The first kappa shape index (κ1) is 30.2. The first-order chi connectivity index (χ1) is 24.7. The molecule has 3 nitrogen and oxygen atoms in total. The molecule has 0 unspecified atom stereocenters. The van der Waals surface area contributed by atoms with Crippen molar-refractivity contribution in [2.75, 3.05) is 0 Å². The van der Waals surface area contributed by atoms with Gasteiger partial charge < -0.3 is 0 Å². The Bertz CT molecular complexity index is 2400. The van der Waals surface area contributed by atoms with E-state index in [-0.39, 0.29) is 0 Å². The fraction of sp³-hybridized carbons (Fsp3) is 0.128.